The molecule has 0 spiro atoms. The third-order valence-electron chi connectivity index (χ3n) is 3.05. The van der Waals surface area contributed by atoms with E-state index >= 15 is 0 Å². The molecule has 0 radical (unpaired) electrons. The average molecular weight is 278 g/mol. The molecule has 1 heterocycles. The zero-order chi connectivity index (χ0) is 13.8. The summed E-state index contributed by atoms with van der Waals surface area (Å²) in [4.78, 5) is 15.3. The van der Waals surface area contributed by atoms with Gasteiger partial charge in [0.2, 0.25) is 0 Å². The molecule has 2 rings (SSSR count). The molecule has 2 atom stereocenters. The number of rotatable bonds is 5. The minimum atomic E-state index is -0.819. The molecule has 4 nitrogen and oxygen atoms in total. The van der Waals surface area contributed by atoms with Gasteiger partial charge in [-0.2, -0.15) is 0 Å². The molecule has 0 aliphatic carbocycles. The normalized spacial score (nSPS) is 14.2. The van der Waals surface area contributed by atoms with Crippen LogP contribution in [0.4, 0.5) is 0 Å². The molecule has 1 aromatic carbocycles. The molecule has 0 saturated carbocycles. The summed E-state index contributed by atoms with van der Waals surface area (Å²) in [5.74, 6) is 0.510. The van der Waals surface area contributed by atoms with Crippen molar-refractivity contribution in [3.05, 3.63) is 36.0 Å². The minimum Gasteiger partial charge on any atom is -0.361 e. The van der Waals surface area contributed by atoms with Gasteiger partial charge in [0.05, 0.1) is 11.1 Å². The molecular weight excluding hydrogens is 260 g/mol. The second-order valence-electron chi connectivity index (χ2n) is 4.69. The van der Waals surface area contributed by atoms with E-state index in [2.05, 4.69) is 10.3 Å². The lowest BCUT2D eigenvalue weighted by atomic mass is 10.1. The van der Waals surface area contributed by atoms with E-state index in [4.69, 9.17) is 0 Å². The fourth-order valence-electron chi connectivity index (χ4n) is 1.99. The quantitative estimate of drug-likeness (QED) is 0.879. The van der Waals surface area contributed by atoms with Crippen molar-refractivity contribution in [3.63, 3.8) is 0 Å². The van der Waals surface area contributed by atoms with Crippen molar-refractivity contribution in [2.24, 2.45) is 0 Å². The van der Waals surface area contributed by atoms with Gasteiger partial charge in [0.15, 0.2) is 0 Å². The van der Waals surface area contributed by atoms with Gasteiger partial charge in [-0.05, 0) is 25.5 Å². The van der Waals surface area contributed by atoms with Gasteiger partial charge in [-0.3, -0.25) is 9.00 Å². The highest BCUT2D eigenvalue weighted by Crippen LogP contribution is 2.16. The molecule has 19 heavy (non-hydrogen) atoms. The molecule has 5 heteroatoms. The Morgan fingerprint density at radius 3 is 2.95 bits per heavy atom. The van der Waals surface area contributed by atoms with Crippen LogP contribution in [0.25, 0.3) is 10.9 Å². The molecule has 0 aliphatic rings. The summed E-state index contributed by atoms with van der Waals surface area (Å²) in [5.41, 5.74) is 1.50. The Morgan fingerprint density at radius 2 is 2.21 bits per heavy atom. The van der Waals surface area contributed by atoms with Crippen molar-refractivity contribution >= 4 is 27.6 Å². The van der Waals surface area contributed by atoms with Crippen molar-refractivity contribution in [2.45, 2.75) is 19.4 Å². The molecule has 0 bridgehead atoms. The van der Waals surface area contributed by atoms with Crippen LogP contribution in [0, 0.1) is 0 Å². The summed E-state index contributed by atoms with van der Waals surface area (Å²) in [6, 6.07) is 7.60. The van der Waals surface area contributed by atoms with Crippen LogP contribution in [-0.4, -0.2) is 33.2 Å². The first kappa shape index (κ1) is 13.8. The number of fused-ring (bicyclic) bond motifs is 1. The summed E-state index contributed by atoms with van der Waals surface area (Å²) in [6.07, 6.45) is 4.22. The topological polar surface area (TPSA) is 62.0 Å². The van der Waals surface area contributed by atoms with Gasteiger partial charge in [0, 0.05) is 40.4 Å². The van der Waals surface area contributed by atoms with Gasteiger partial charge in [0.1, 0.15) is 0 Å². The zero-order valence-electron chi connectivity index (χ0n) is 11.1. The van der Waals surface area contributed by atoms with Crippen LogP contribution >= 0.6 is 0 Å². The zero-order valence-corrected chi connectivity index (χ0v) is 11.9. The third-order valence-corrected chi connectivity index (χ3v) is 3.86. The first-order valence-electron chi connectivity index (χ1n) is 6.25. The van der Waals surface area contributed by atoms with Crippen LogP contribution in [0.5, 0.6) is 0 Å². The number of H-pyrrole nitrogens is 1. The summed E-state index contributed by atoms with van der Waals surface area (Å²) < 4.78 is 11.0. The molecule has 0 fully saturated rings. The Labute approximate surface area is 115 Å². The lowest BCUT2D eigenvalue weighted by Gasteiger charge is -2.13. The molecule has 1 aromatic heterocycles. The highest BCUT2D eigenvalue weighted by Gasteiger charge is 2.13. The van der Waals surface area contributed by atoms with E-state index < -0.39 is 10.8 Å². The number of benzene rings is 1. The van der Waals surface area contributed by atoms with Crippen molar-refractivity contribution < 1.29 is 9.00 Å². The monoisotopic (exact) mass is 278 g/mol. The fraction of sp³-hybridized carbons (Fsp3) is 0.357. The molecule has 2 N–H and O–H groups in total. The van der Waals surface area contributed by atoms with Crippen molar-refractivity contribution in [1.82, 2.24) is 10.3 Å². The van der Waals surface area contributed by atoms with E-state index in [-0.39, 0.29) is 11.9 Å². The van der Waals surface area contributed by atoms with E-state index in [9.17, 15) is 9.00 Å². The number of hydrogen-bond acceptors (Lipinski definition) is 2. The summed E-state index contributed by atoms with van der Waals surface area (Å²) in [6.45, 7) is 1.93. The van der Waals surface area contributed by atoms with Crippen molar-refractivity contribution in [1.29, 1.82) is 0 Å². The lowest BCUT2D eigenvalue weighted by molar-refractivity contribution is 0.0941. The predicted molar refractivity (Wildman–Crippen MR) is 78.8 cm³/mol. The van der Waals surface area contributed by atoms with Gasteiger partial charge >= 0.3 is 0 Å². The summed E-state index contributed by atoms with van der Waals surface area (Å²) in [7, 11) is -0.819. The molecule has 0 aliphatic heterocycles. The van der Waals surface area contributed by atoms with E-state index in [0.717, 1.165) is 17.3 Å². The van der Waals surface area contributed by atoms with Crippen LogP contribution in [0.15, 0.2) is 30.5 Å². The number of nitrogens with one attached hydrogen (secondary N) is 2. The van der Waals surface area contributed by atoms with Gasteiger partial charge < -0.3 is 10.3 Å². The standard InChI is InChI=1S/C14H18N2O2S/c1-10(7-9-19(2)18)16-14(17)12-5-3-4-11-6-8-15-13(11)12/h3-6,8,10,15H,7,9H2,1-2H3,(H,16,17). The van der Waals surface area contributed by atoms with Crippen LogP contribution in [0.1, 0.15) is 23.7 Å². The molecule has 102 valence electrons. The molecule has 2 aromatic rings. The number of para-hydroxylation sites is 1. The van der Waals surface area contributed by atoms with Crippen LogP contribution in [0.3, 0.4) is 0 Å². The maximum absolute atomic E-state index is 12.2. The second-order valence-corrected chi connectivity index (χ2v) is 6.24. The van der Waals surface area contributed by atoms with Crippen LogP contribution in [-0.2, 0) is 10.8 Å². The Morgan fingerprint density at radius 1 is 1.42 bits per heavy atom. The molecule has 2 unspecified atom stereocenters. The van der Waals surface area contributed by atoms with Crippen molar-refractivity contribution in [3.8, 4) is 0 Å². The molecule has 0 saturated heterocycles. The number of hydrogen-bond donors (Lipinski definition) is 2. The third kappa shape index (κ3) is 3.44. The van der Waals surface area contributed by atoms with E-state index in [1.54, 1.807) is 12.3 Å². The SMILES string of the molecule is CC(CCS(C)=O)NC(=O)c1cccc2cc[nH]c12. The minimum absolute atomic E-state index is 0.0154. The first-order chi connectivity index (χ1) is 9.08. The Kier molecular flexibility index (Phi) is 4.37. The number of aromatic nitrogens is 1. The highest BCUT2D eigenvalue weighted by molar-refractivity contribution is 7.84. The summed E-state index contributed by atoms with van der Waals surface area (Å²) in [5, 5.41) is 3.96. The van der Waals surface area contributed by atoms with Gasteiger partial charge in [0.25, 0.3) is 5.91 Å². The average Bonchev–Trinajstić information content (AvgIpc) is 2.84. The van der Waals surface area contributed by atoms with Crippen molar-refractivity contribution in [2.75, 3.05) is 12.0 Å². The second kappa shape index (κ2) is 6.02. The molecular formula is C14H18N2O2S. The number of carbonyl (C=O) groups excluding carboxylic acids is 1. The van der Waals surface area contributed by atoms with Crippen LogP contribution in [0.2, 0.25) is 0 Å². The predicted octanol–water partition coefficient (Wildman–Crippen LogP) is 2.05. The number of amides is 1. The van der Waals surface area contributed by atoms with E-state index in [1.807, 2.05) is 31.3 Å². The van der Waals surface area contributed by atoms with E-state index in [1.165, 1.54) is 0 Å². The van der Waals surface area contributed by atoms with Gasteiger partial charge in [-0.1, -0.05) is 12.1 Å². The van der Waals surface area contributed by atoms with Gasteiger partial charge in [-0.25, -0.2) is 0 Å². The number of aromatic amines is 1. The van der Waals surface area contributed by atoms with Crippen LogP contribution < -0.4 is 5.32 Å². The Balaban J connectivity index is 2.07. The number of carbonyl (C=O) groups is 1. The lowest BCUT2D eigenvalue weighted by Crippen LogP contribution is -2.33. The highest BCUT2D eigenvalue weighted by atomic mass is 32.2. The smallest absolute Gasteiger partial charge is 0.253 e. The van der Waals surface area contributed by atoms with Gasteiger partial charge in [-0.15, -0.1) is 0 Å². The maximum Gasteiger partial charge on any atom is 0.253 e. The Hall–Kier alpha value is -1.62. The first-order valence-corrected chi connectivity index (χ1v) is 7.97. The molecule has 1 amide bonds. The maximum atomic E-state index is 12.2. The van der Waals surface area contributed by atoms with E-state index in [0.29, 0.717) is 11.3 Å². The fourth-order valence-corrected chi connectivity index (χ4v) is 2.68. The summed E-state index contributed by atoms with van der Waals surface area (Å²) >= 11 is 0. The Bertz CT molecular complexity index is 606. The largest absolute Gasteiger partial charge is 0.361 e.